The van der Waals surface area contributed by atoms with Crippen LogP contribution < -0.4 is 21.3 Å². The maximum Gasteiger partial charge on any atom is 0.332 e. The zero-order valence-electron chi connectivity index (χ0n) is 17.4. The van der Waals surface area contributed by atoms with E-state index in [9.17, 15) is 14.4 Å². The van der Waals surface area contributed by atoms with Crippen molar-refractivity contribution in [2.24, 2.45) is 14.1 Å². The number of ether oxygens (including phenoxy) is 1. The number of fused-ring (bicyclic) bond motifs is 1. The van der Waals surface area contributed by atoms with Crippen LogP contribution in [0, 0.1) is 0 Å². The fourth-order valence-corrected chi connectivity index (χ4v) is 4.19. The summed E-state index contributed by atoms with van der Waals surface area (Å²) in [5.74, 6) is 0.477. The minimum atomic E-state index is -0.439. The summed E-state index contributed by atoms with van der Waals surface area (Å²) >= 11 is 1.26. The van der Waals surface area contributed by atoms with Crippen LogP contribution in [-0.4, -0.2) is 32.4 Å². The van der Waals surface area contributed by atoms with E-state index in [1.165, 1.54) is 23.4 Å². The molecule has 0 saturated heterocycles. The summed E-state index contributed by atoms with van der Waals surface area (Å²) in [4.78, 5) is 42.7. The van der Waals surface area contributed by atoms with Gasteiger partial charge in [-0.05, 0) is 31.0 Å². The molecule has 0 spiro atoms. The number of hydrogen-bond acceptors (Lipinski definition) is 6. The number of benzene rings is 1. The van der Waals surface area contributed by atoms with Gasteiger partial charge in [-0.15, -0.1) is 11.8 Å². The van der Waals surface area contributed by atoms with Gasteiger partial charge in [0.25, 0.3) is 5.56 Å². The maximum atomic E-state index is 12.8. The molecule has 0 aliphatic rings. The Kier molecular flexibility index (Phi) is 6.61. The zero-order chi connectivity index (χ0) is 21.8. The van der Waals surface area contributed by atoms with Crippen molar-refractivity contribution in [2.45, 2.75) is 25.2 Å². The Bertz CT molecular complexity index is 1220. The molecule has 2 aromatic heterocycles. The first-order valence-electron chi connectivity index (χ1n) is 9.61. The third-order valence-corrected chi connectivity index (χ3v) is 5.85. The number of nitrogens with one attached hydrogen (secondary N) is 1. The van der Waals surface area contributed by atoms with Gasteiger partial charge in [0.2, 0.25) is 5.91 Å². The molecule has 0 saturated carbocycles. The number of nitrogens with zero attached hydrogens (tertiary/aromatic N) is 3. The monoisotopic (exact) mass is 428 g/mol. The summed E-state index contributed by atoms with van der Waals surface area (Å²) in [5, 5.41) is 3.21. The average Bonchev–Trinajstić information content (AvgIpc) is 2.75. The number of aromatic nitrogens is 3. The van der Waals surface area contributed by atoms with Crippen molar-refractivity contribution in [3.05, 3.63) is 56.9 Å². The number of anilines is 1. The predicted molar refractivity (Wildman–Crippen MR) is 119 cm³/mol. The van der Waals surface area contributed by atoms with Crippen LogP contribution in [0.25, 0.3) is 11.0 Å². The predicted octanol–water partition coefficient (Wildman–Crippen LogP) is 2.32. The van der Waals surface area contributed by atoms with Crippen molar-refractivity contribution >= 4 is 34.4 Å². The number of carbonyl (C=O) groups excluding carboxylic acids is 1. The fourth-order valence-electron chi connectivity index (χ4n) is 3.13. The van der Waals surface area contributed by atoms with Gasteiger partial charge in [0.15, 0.2) is 0 Å². The number of hydrogen-bond donors (Lipinski definition) is 1. The molecule has 30 heavy (non-hydrogen) atoms. The fraction of sp³-hybridized carbons (Fsp3) is 0.333. The van der Waals surface area contributed by atoms with E-state index in [-0.39, 0.29) is 11.7 Å². The Hall–Kier alpha value is -3.07. The van der Waals surface area contributed by atoms with Crippen LogP contribution in [0.1, 0.15) is 19.4 Å². The zero-order valence-corrected chi connectivity index (χ0v) is 18.2. The topological polar surface area (TPSA) is 95.2 Å². The van der Waals surface area contributed by atoms with E-state index in [4.69, 9.17) is 4.74 Å². The Labute approximate surface area is 177 Å². The van der Waals surface area contributed by atoms with E-state index in [0.29, 0.717) is 40.4 Å². The number of carbonyl (C=O) groups is 1. The van der Waals surface area contributed by atoms with Gasteiger partial charge < -0.3 is 10.1 Å². The van der Waals surface area contributed by atoms with Gasteiger partial charge in [-0.25, -0.2) is 9.78 Å². The van der Waals surface area contributed by atoms with Gasteiger partial charge in [0.1, 0.15) is 11.4 Å². The summed E-state index contributed by atoms with van der Waals surface area (Å²) in [6, 6.07) is 7.23. The van der Waals surface area contributed by atoms with Crippen LogP contribution in [0.5, 0.6) is 5.75 Å². The van der Waals surface area contributed by atoms with Crippen LogP contribution in [-0.2, 0) is 25.3 Å². The second-order valence-electron chi connectivity index (χ2n) is 6.64. The quantitative estimate of drug-likeness (QED) is 0.581. The highest BCUT2D eigenvalue weighted by atomic mass is 32.2. The summed E-state index contributed by atoms with van der Waals surface area (Å²) in [5.41, 5.74) is 0.903. The molecule has 3 aromatic rings. The largest absolute Gasteiger partial charge is 0.492 e. The normalized spacial score (nSPS) is 10.9. The standard InChI is InChI=1S/C21H24N4O4S/c1-5-13-11-22-19-17(20(27)25(4)21(28)24(19)3)18(13)30-12-16(26)23-14-9-7-8-10-15(14)29-6-2/h7-11H,5-6,12H2,1-4H3,(H,23,26). The van der Waals surface area contributed by atoms with Gasteiger partial charge in [0.05, 0.1) is 23.4 Å². The van der Waals surface area contributed by atoms with E-state index in [1.807, 2.05) is 26.0 Å². The minimum absolute atomic E-state index is 0.0958. The highest BCUT2D eigenvalue weighted by molar-refractivity contribution is 8.00. The number of pyridine rings is 1. The second-order valence-corrected chi connectivity index (χ2v) is 7.62. The van der Waals surface area contributed by atoms with E-state index >= 15 is 0 Å². The van der Waals surface area contributed by atoms with E-state index in [1.54, 1.807) is 25.4 Å². The third kappa shape index (κ3) is 4.11. The molecular weight excluding hydrogens is 404 g/mol. The molecule has 2 heterocycles. The lowest BCUT2D eigenvalue weighted by atomic mass is 10.2. The first-order valence-corrected chi connectivity index (χ1v) is 10.6. The summed E-state index contributed by atoms with van der Waals surface area (Å²) in [7, 11) is 3.02. The Morgan fingerprint density at radius 3 is 2.60 bits per heavy atom. The molecule has 158 valence electrons. The second kappa shape index (κ2) is 9.17. The van der Waals surface area contributed by atoms with Crippen molar-refractivity contribution in [1.82, 2.24) is 14.1 Å². The molecule has 3 rings (SSSR count). The molecule has 0 aliphatic carbocycles. The molecule has 0 aliphatic heterocycles. The molecule has 8 nitrogen and oxygen atoms in total. The van der Waals surface area contributed by atoms with Crippen LogP contribution in [0.4, 0.5) is 5.69 Å². The number of amides is 1. The minimum Gasteiger partial charge on any atom is -0.492 e. The molecule has 1 amide bonds. The summed E-state index contributed by atoms with van der Waals surface area (Å²) < 4.78 is 7.95. The van der Waals surface area contributed by atoms with Gasteiger partial charge in [-0.2, -0.15) is 0 Å². The van der Waals surface area contributed by atoms with Crippen molar-refractivity contribution in [3.8, 4) is 5.75 Å². The van der Waals surface area contributed by atoms with Crippen LogP contribution >= 0.6 is 11.8 Å². The maximum absolute atomic E-state index is 12.8. The Balaban J connectivity index is 1.93. The van der Waals surface area contributed by atoms with E-state index < -0.39 is 11.2 Å². The van der Waals surface area contributed by atoms with Crippen molar-refractivity contribution < 1.29 is 9.53 Å². The van der Waals surface area contributed by atoms with Crippen molar-refractivity contribution in [3.63, 3.8) is 0 Å². The average molecular weight is 429 g/mol. The molecule has 0 radical (unpaired) electrons. The Morgan fingerprint density at radius 1 is 1.17 bits per heavy atom. The van der Waals surface area contributed by atoms with Crippen LogP contribution in [0.2, 0.25) is 0 Å². The van der Waals surface area contributed by atoms with Gasteiger partial charge in [0, 0.05) is 25.2 Å². The molecule has 9 heteroatoms. The first kappa shape index (κ1) is 21.6. The molecule has 0 unspecified atom stereocenters. The molecule has 0 atom stereocenters. The van der Waals surface area contributed by atoms with Gasteiger partial charge >= 0.3 is 5.69 Å². The SMILES string of the molecule is CCOc1ccccc1NC(=O)CSc1c(CC)cnc2c1c(=O)n(C)c(=O)n2C. The van der Waals surface area contributed by atoms with Crippen LogP contribution in [0.3, 0.4) is 0 Å². The van der Waals surface area contributed by atoms with Gasteiger partial charge in [-0.3, -0.25) is 18.7 Å². The van der Waals surface area contributed by atoms with Crippen molar-refractivity contribution in [1.29, 1.82) is 0 Å². The van der Waals surface area contributed by atoms with E-state index in [0.717, 1.165) is 10.1 Å². The highest BCUT2D eigenvalue weighted by Crippen LogP contribution is 2.29. The summed E-state index contributed by atoms with van der Waals surface area (Å²) in [6.07, 6.45) is 2.30. The number of rotatable bonds is 7. The highest BCUT2D eigenvalue weighted by Gasteiger charge is 2.18. The first-order chi connectivity index (χ1) is 14.4. The lowest BCUT2D eigenvalue weighted by Gasteiger charge is -2.14. The lowest BCUT2D eigenvalue weighted by Crippen LogP contribution is -2.37. The van der Waals surface area contributed by atoms with Crippen LogP contribution in [0.15, 0.2) is 44.9 Å². The summed E-state index contributed by atoms with van der Waals surface area (Å²) in [6.45, 7) is 4.33. The molecular formula is C21H24N4O4S. The smallest absolute Gasteiger partial charge is 0.332 e. The number of thioether (sulfide) groups is 1. The number of aryl methyl sites for hydroxylation is 2. The Morgan fingerprint density at radius 2 is 1.90 bits per heavy atom. The molecule has 1 aromatic carbocycles. The molecule has 0 fully saturated rings. The lowest BCUT2D eigenvalue weighted by molar-refractivity contribution is -0.113. The third-order valence-electron chi connectivity index (χ3n) is 4.68. The molecule has 0 bridgehead atoms. The van der Waals surface area contributed by atoms with Crippen molar-refractivity contribution in [2.75, 3.05) is 17.7 Å². The van der Waals surface area contributed by atoms with Gasteiger partial charge in [-0.1, -0.05) is 19.1 Å². The van der Waals surface area contributed by atoms with E-state index in [2.05, 4.69) is 10.3 Å². The molecule has 1 N–H and O–H groups in total. The number of para-hydroxylation sites is 2.